The summed E-state index contributed by atoms with van der Waals surface area (Å²) in [6.45, 7) is 4.40. The first-order valence-corrected chi connectivity index (χ1v) is 7.09. The van der Waals surface area contributed by atoms with Gasteiger partial charge in [0, 0.05) is 6.54 Å². The minimum atomic E-state index is -0.618. The fourth-order valence-corrected chi connectivity index (χ4v) is 2.56. The normalized spacial score (nSPS) is 19.6. The van der Waals surface area contributed by atoms with Crippen LogP contribution in [0.1, 0.15) is 38.6 Å². The smallest absolute Gasteiger partial charge is 0.407 e. The maximum absolute atomic E-state index is 12.7. The van der Waals surface area contributed by atoms with Gasteiger partial charge in [0.1, 0.15) is 18.3 Å². The molecule has 1 aliphatic heterocycles. The number of rotatable bonds is 4. The van der Waals surface area contributed by atoms with E-state index in [1.807, 2.05) is 13.8 Å². The third-order valence-corrected chi connectivity index (χ3v) is 3.66. The van der Waals surface area contributed by atoms with Crippen LogP contribution in [0.5, 0.6) is 0 Å². The maximum atomic E-state index is 12.7. The van der Waals surface area contributed by atoms with Crippen LogP contribution in [0, 0.1) is 5.92 Å². The largest absolute Gasteiger partial charge is 0.453 e. The molecule has 2 atom stereocenters. The number of oxazole rings is 1. The Morgan fingerprint density at radius 3 is 2.86 bits per heavy atom. The van der Waals surface area contributed by atoms with Crippen molar-refractivity contribution in [2.75, 3.05) is 13.7 Å². The molecule has 2 rings (SSSR count). The molecule has 1 N–H and O–H groups in total. The van der Waals surface area contributed by atoms with Crippen molar-refractivity contribution < 1.29 is 18.7 Å². The van der Waals surface area contributed by atoms with E-state index in [-0.39, 0.29) is 17.9 Å². The van der Waals surface area contributed by atoms with E-state index in [0.717, 1.165) is 12.8 Å². The van der Waals surface area contributed by atoms with E-state index in [4.69, 9.17) is 4.42 Å². The number of nitrogens with zero attached hydrogens (tertiary/aromatic N) is 2. The molecule has 21 heavy (non-hydrogen) atoms. The Labute approximate surface area is 123 Å². The van der Waals surface area contributed by atoms with Crippen LogP contribution in [0.3, 0.4) is 0 Å². The van der Waals surface area contributed by atoms with Crippen molar-refractivity contribution in [1.29, 1.82) is 0 Å². The van der Waals surface area contributed by atoms with Crippen molar-refractivity contribution in [2.45, 2.75) is 38.8 Å². The van der Waals surface area contributed by atoms with E-state index >= 15 is 0 Å². The third-order valence-electron chi connectivity index (χ3n) is 3.66. The molecule has 0 radical (unpaired) electrons. The molecule has 1 aromatic rings. The minimum Gasteiger partial charge on any atom is -0.453 e. The van der Waals surface area contributed by atoms with Gasteiger partial charge in [-0.25, -0.2) is 9.78 Å². The zero-order valence-corrected chi connectivity index (χ0v) is 12.5. The van der Waals surface area contributed by atoms with Gasteiger partial charge in [0.15, 0.2) is 0 Å². The van der Waals surface area contributed by atoms with Crippen LogP contribution in [0.4, 0.5) is 4.79 Å². The summed E-state index contributed by atoms with van der Waals surface area (Å²) in [5.74, 6) is 0.375. The summed E-state index contributed by atoms with van der Waals surface area (Å²) < 4.78 is 9.91. The van der Waals surface area contributed by atoms with Crippen molar-refractivity contribution in [3.63, 3.8) is 0 Å². The van der Waals surface area contributed by atoms with Crippen molar-refractivity contribution in [1.82, 2.24) is 15.2 Å². The van der Waals surface area contributed by atoms with Gasteiger partial charge in [0.25, 0.3) is 0 Å². The lowest BCUT2D eigenvalue weighted by Crippen LogP contribution is -2.51. The van der Waals surface area contributed by atoms with Gasteiger partial charge in [-0.2, -0.15) is 0 Å². The van der Waals surface area contributed by atoms with Crippen molar-refractivity contribution >= 4 is 12.0 Å². The predicted molar refractivity (Wildman–Crippen MR) is 74.4 cm³/mol. The van der Waals surface area contributed by atoms with E-state index in [1.54, 1.807) is 11.1 Å². The molecule has 116 valence electrons. The highest BCUT2D eigenvalue weighted by atomic mass is 16.5. The highest BCUT2D eigenvalue weighted by molar-refractivity contribution is 5.86. The summed E-state index contributed by atoms with van der Waals surface area (Å²) in [5.41, 5.74) is 0. The van der Waals surface area contributed by atoms with Crippen LogP contribution in [0.15, 0.2) is 16.9 Å². The Balaban J connectivity index is 2.13. The van der Waals surface area contributed by atoms with Gasteiger partial charge in [0.2, 0.25) is 11.8 Å². The number of amides is 2. The first kappa shape index (κ1) is 15.3. The van der Waals surface area contributed by atoms with Crippen LogP contribution in [-0.4, -0.2) is 41.6 Å². The molecule has 2 amide bonds. The molecule has 7 nitrogen and oxygen atoms in total. The zero-order valence-electron chi connectivity index (χ0n) is 12.5. The average molecular weight is 295 g/mol. The summed E-state index contributed by atoms with van der Waals surface area (Å²) in [7, 11) is 1.28. The summed E-state index contributed by atoms with van der Waals surface area (Å²) in [6, 6.07) is -0.777. The lowest BCUT2D eigenvalue weighted by atomic mass is 10.0. The van der Waals surface area contributed by atoms with E-state index in [0.29, 0.717) is 12.4 Å². The van der Waals surface area contributed by atoms with Crippen LogP contribution in [0.2, 0.25) is 0 Å². The number of hydrogen-bond donors (Lipinski definition) is 1. The van der Waals surface area contributed by atoms with Gasteiger partial charge in [-0.05, 0) is 18.8 Å². The minimum absolute atomic E-state index is 0.0394. The first-order chi connectivity index (χ1) is 10.0. The fraction of sp³-hybridized carbons (Fsp3) is 0.643. The summed E-state index contributed by atoms with van der Waals surface area (Å²) >= 11 is 0. The van der Waals surface area contributed by atoms with Crippen LogP contribution in [0.25, 0.3) is 0 Å². The monoisotopic (exact) mass is 295 g/mol. The van der Waals surface area contributed by atoms with E-state index in [2.05, 4.69) is 15.0 Å². The highest BCUT2D eigenvalue weighted by Crippen LogP contribution is 2.31. The fourth-order valence-electron chi connectivity index (χ4n) is 2.56. The number of hydrogen-bond acceptors (Lipinski definition) is 5. The molecule has 0 saturated carbocycles. The molecule has 0 aliphatic carbocycles. The number of ether oxygens (including phenoxy) is 1. The molecule has 0 aromatic carbocycles. The predicted octanol–water partition coefficient (Wildman–Crippen LogP) is 1.72. The van der Waals surface area contributed by atoms with Gasteiger partial charge in [-0.3, -0.25) is 4.79 Å². The van der Waals surface area contributed by atoms with Crippen LogP contribution < -0.4 is 5.32 Å². The highest BCUT2D eigenvalue weighted by Gasteiger charge is 2.37. The summed E-state index contributed by atoms with van der Waals surface area (Å²) in [4.78, 5) is 30.0. The van der Waals surface area contributed by atoms with Gasteiger partial charge < -0.3 is 19.4 Å². The zero-order chi connectivity index (χ0) is 15.4. The number of alkyl carbamates (subject to hydrolysis) is 1. The topological polar surface area (TPSA) is 84.7 Å². The number of likely N-dealkylation sites (tertiary alicyclic amines) is 1. The lowest BCUT2D eigenvalue weighted by Gasteiger charge is -2.29. The SMILES string of the molecule is COC(=O)N[C@H](C(=O)N1CCCC1c1ncco1)C(C)C. The quantitative estimate of drug-likeness (QED) is 0.914. The van der Waals surface area contributed by atoms with Crippen molar-refractivity contribution in [3.05, 3.63) is 18.4 Å². The first-order valence-electron chi connectivity index (χ1n) is 7.09. The molecule has 1 fully saturated rings. The second kappa shape index (κ2) is 6.60. The Hall–Kier alpha value is -2.05. The van der Waals surface area contributed by atoms with Gasteiger partial charge in [0.05, 0.1) is 13.3 Å². The number of carbonyl (C=O) groups is 2. The van der Waals surface area contributed by atoms with Crippen LogP contribution >= 0.6 is 0 Å². The Morgan fingerprint density at radius 1 is 1.52 bits per heavy atom. The molecule has 1 aliphatic rings. The average Bonchev–Trinajstić information content (AvgIpc) is 3.12. The molecule has 2 heterocycles. The number of carbonyl (C=O) groups excluding carboxylic acids is 2. The Morgan fingerprint density at radius 2 is 2.29 bits per heavy atom. The maximum Gasteiger partial charge on any atom is 0.407 e. The molecule has 1 aromatic heterocycles. The second-order valence-corrected chi connectivity index (χ2v) is 5.42. The molecular weight excluding hydrogens is 274 g/mol. The van der Waals surface area contributed by atoms with E-state index in [1.165, 1.54) is 13.4 Å². The molecule has 1 saturated heterocycles. The van der Waals surface area contributed by atoms with Crippen molar-refractivity contribution in [3.8, 4) is 0 Å². The molecular formula is C14H21N3O4. The Kier molecular flexibility index (Phi) is 4.82. The standard InChI is InChI=1S/C14H21N3O4/c1-9(2)11(16-14(19)20-3)13(18)17-7-4-5-10(17)12-15-6-8-21-12/h6,8-11H,4-5,7H2,1-3H3,(H,16,19)/t10?,11-/m0/s1. The Bertz CT molecular complexity index is 486. The number of nitrogens with one attached hydrogen (secondary N) is 1. The second-order valence-electron chi connectivity index (χ2n) is 5.42. The summed E-state index contributed by atoms with van der Waals surface area (Å²) in [5, 5.41) is 2.61. The van der Waals surface area contributed by atoms with Gasteiger partial charge in [-0.1, -0.05) is 13.8 Å². The van der Waals surface area contributed by atoms with E-state index in [9.17, 15) is 9.59 Å². The van der Waals surface area contributed by atoms with Crippen molar-refractivity contribution in [2.24, 2.45) is 5.92 Å². The van der Waals surface area contributed by atoms with Gasteiger partial charge in [-0.15, -0.1) is 0 Å². The van der Waals surface area contributed by atoms with Crippen LogP contribution in [-0.2, 0) is 9.53 Å². The molecule has 0 spiro atoms. The molecule has 1 unspecified atom stereocenters. The number of methoxy groups -OCH3 is 1. The number of aromatic nitrogens is 1. The third kappa shape index (κ3) is 3.34. The summed E-state index contributed by atoms with van der Waals surface area (Å²) in [6.07, 6.45) is 4.18. The molecule has 7 heteroatoms. The lowest BCUT2D eigenvalue weighted by molar-refractivity contribution is -0.135. The van der Waals surface area contributed by atoms with Gasteiger partial charge >= 0.3 is 6.09 Å². The molecule has 0 bridgehead atoms. The van der Waals surface area contributed by atoms with E-state index < -0.39 is 12.1 Å².